The van der Waals surface area contributed by atoms with E-state index in [4.69, 9.17) is 16.3 Å². The molecule has 2 aromatic rings. The van der Waals surface area contributed by atoms with Crippen molar-refractivity contribution in [3.8, 4) is 5.75 Å². The first kappa shape index (κ1) is 16.7. The summed E-state index contributed by atoms with van der Waals surface area (Å²) >= 11 is 7.41. The van der Waals surface area contributed by atoms with Gasteiger partial charge in [0.15, 0.2) is 0 Å². The van der Waals surface area contributed by atoms with E-state index in [1.807, 2.05) is 55.5 Å². The predicted octanol–water partition coefficient (Wildman–Crippen LogP) is 4.86. The Bertz CT molecular complexity index is 614. The smallest absolute Gasteiger partial charge is 0.237 e. The first-order valence-corrected chi connectivity index (χ1v) is 8.25. The van der Waals surface area contributed by atoms with Crippen LogP contribution in [-0.2, 0) is 4.79 Å². The Hall–Kier alpha value is -1.65. The number of hydrogen-bond acceptors (Lipinski definition) is 3. The molecule has 0 spiro atoms. The fourth-order valence-electron chi connectivity index (χ4n) is 1.90. The second-order valence-electron chi connectivity index (χ2n) is 4.69. The Balaban J connectivity index is 1.99. The second-order valence-corrected chi connectivity index (χ2v) is 6.40. The van der Waals surface area contributed by atoms with E-state index in [1.165, 1.54) is 11.8 Å². The van der Waals surface area contributed by atoms with E-state index in [0.717, 1.165) is 22.8 Å². The molecule has 0 heterocycles. The van der Waals surface area contributed by atoms with Crippen LogP contribution in [0.2, 0.25) is 5.02 Å². The molecule has 0 saturated carbocycles. The van der Waals surface area contributed by atoms with Crippen LogP contribution in [0, 0.1) is 0 Å². The number of halogens is 1. The summed E-state index contributed by atoms with van der Waals surface area (Å²) in [6.45, 7) is 2.00. The molecule has 3 nitrogen and oxygen atoms in total. The van der Waals surface area contributed by atoms with Crippen LogP contribution in [0.4, 0.5) is 5.69 Å². The van der Waals surface area contributed by atoms with Crippen LogP contribution in [0.15, 0.2) is 53.4 Å². The number of ether oxygens (including phenoxy) is 1. The van der Waals surface area contributed by atoms with Crippen LogP contribution in [0.1, 0.15) is 13.3 Å². The number of carbonyl (C=O) groups excluding carboxylic acids is 1. The summed E-state index contributed by atoms with van der Waals surface area (Å²) in [5.41, 5.74) is 0.765. The highest BCUT2D eigenvalue weighted by molar-refractivity contribution is 8.00. The molecule has 1 unspecified atom stereocenters. The minimum absolute atomic E-state index is 0.00684. The highest BCUT2D eigenvalue weighted by atomic mass is 35.5. The Morgan fingerprint density at radius 3 is 2.36 bits per heavy atom. The van der Waals surface area contributed by atoms with Gasteiger partial charge in [-0.2, -0.15) is 0 Å². The molecular formula is C17H18ClNO2S. The molecule has 1 amide bonds. The standard InChI is InChI=1S/C17H18ClNO2S/c1-3-16(22-15-10-4-12(18)5-11-15)17(20)19-13-6-8-14(21-2)9-7-13/h4-11,16H,3H2,1-2H3,(H,19,20). The zero-order valence-electron chi connectivity index (χ0n) is 12.5. The normalized spacial score (nSPS) is 11.8. The summed E-state index contributed by atoms with van der Waals surface area (Å²) in [6, 6.07) is 14.8. The van der Waals surface area contributed by atoms with Gasteiger partial charge in [-0.3, -0.25) is 4.79 Å². The molecule has 2 rings (SSSR count). The maximum Gasteiger partial charge on any atom is 0.237 e. The molecule has 0 radical (unpaired) electrons. The van der Waals surface area contributed by atoms with Gasteiger partial charge in [0.05, 0.1) is 12.4 Å². The maximum absolute atomic E-state index is 12.4. The Morgan fingerprint density at radius 1 is 1.18 bits per heavy atom. The monoisotopic (exact) mass is 335 g/mol. The first-order chi connectivity index (χ1) is 10.6. The van der Waals surface area contributed by atoms with Crippen LogP contribution >= 0.6 is 23.4 Å². The third-order valence-corrected chi connectivity index (χ3v) is 4.74. The lowest BCUT2D eigenvalue weighted by atomic mass is 10.2. The van der Waals surface area contributed by atoms with Crippen molar-refractivity contribution >= 4 is 35.0 Å². The van der Waals surface area contributed by atoms with E-state index in [9.17, 15) is 4.79 Å². The number of nitrogens with one attached hydrogen (secondary N) is 1. The van der Waals surface area contributed by atoms with E-state index in [-0.39, 0.29) is 11.2 Å². The van der Waals surface area contributed by atoms with Gasteiger partial charge < -0.3 is 10.1 Å². The summed E-state index contributed by atoms with van der Waals surface area (Å²) in [4.78, 5) is 13.4. The van der Waals surface area contributed by atoms with Gasteiger partial charge >= 0.3 is 0 Å². The van der Waals surface area contributed by atoms with Crippen molar-refractivity contribution in [1.82, 2.24) is 0 Å². The average Bonchev–Trinajstić information content (AvgIpc) is 2.55. The minimum atomic E-state index is -0.150. The van der Waals surface area contributed by atoms with E-state index < -0.39 is 0 Å². The summed E-state index contributed by atoms with van der Waals surface area (Å²) in [7, 11) is 1.61. The number of methoxy groups -OCH3 is 1. The summed E-state index contributed by atoms with van der Waals surface area (Å²) in [5, 5.41) is 3.48. The third kappa shape index (κ3) is 4.68. The molecule has 0 bridgehead atoms. The highest BCUT2D eigenvalue weighted by Gasteiger charge is 2.18. The van der Waals surface area contributed by atoms with E-state index >= 15 is 0 Å². The van der Waals surface area contributed by atoms with E-state index in [2.05, 4.69) is 5.32 Å². The Labute approximate surface area is 140 Å². The molecule has 0 fully saturated rings. The number of thioether (sulfide) groups is 1. The molecule has 0 aliphatic rings. The third-order valence-electron chi connectivity index (χ3n) is 3.11. The summed E-state index contributed by atoms with van der Waals surface area (Å²) in [6.07, 6.45) is 0.745. The van der Waals surface area contributed by atoms with Gasteiger partial charge in [-0.1, -0.05) is 18.5 Å². The fourth-order valence-corrected chi connectivity index (χ4v) is 2.98. The molecule has 0 aromatic heterocycles. The van der Waals surface area contributed by atoms with Crippen molar-refractivity contribution in [2.75, 3.05) is 12.4 Å². The SMILES string of the molecule is CCC(Sc1ccc(Cl)cc1)C(=O)Nc1ccc(OC)cc1. The zero-order chi connectivity index (χ0) is 15.9. The molecule has 22 heavy (non-hydrogen) atoms. The number of hydrogen-bond donors (Lipinski definition) is 1. The molecule has 0 aliphatic heterocycles. The molecule has 0 saturated heterocycles. The number of anilines is 1. The molecule has 5 heteroatoms. The number of rotatable bonds is 6. The molecular weight excluding hydrogens is 318 g/mol. The lowest BCUT2D eigenvalue weighted by Crippen LogP contribution is -2.24. The zero-order valence-corrected chi connectivity index (χ0v) is 14.1. The van der Waals surface area contributed by atoms with Gasteiger partial charge in [-0.25, -0.2) is 0 Å². The van der Waals surface area contributed by atoms with Gasteiger partial charge in [0.25, 0.3) is 0 Å². The maximum atomic E-state index is 12.4. The minimum Gasteiger partial charge on any atom is -0.497 e. The van der Waals surface area contributed by atoms with Crippen LogP contribution in [0.3, 0.4) is 0 Å². The van der Waals surface area contributed by atoms with Crippen molar-refractivity contribution < 1.29 is 9.53 Å². The first-order valence-electron chi connectivity index (χ1n) is 6.99. The predicted molar refractivity (Wildman–Crippen MR) is 93.0 cm³/mol. The summed E-state index contributed by atoms with van der Waals surface area (Å²) in [5.74, 6) is 0.758. The van der Waals surface area contributed by atoms with Gasteiger partial charge in [0.1, 0.15) is 5.75 Å². The lowest BCUT2D eigenvalue weighted by molar-refractivity contribution is -0.115. The van der Waals surface area contributed by atoms with Crippen molar-refractivity contribution in [2.24, 2.45) is 0 Å². The molecule has 0 aliphatic carbocycles. The van der Waals surface area contributed by atoms with Gasteiger partial charge in [0, 0.05) is 15.6 Å². The van der Waals surface area contributed by atoms with Crippen LogP contribution < -0.4 is 10.1 Å². The molecule has 1 N–H and O–H groups in total. The van der Waals surface area contributed by atoms with Crippen LogP contribution in [0.5, 0.6) is 5.75 Å². The number of carbonyl (C=O) groups is 1. The van der Waals surface area contributed by atoms with Crippen molar-refractivity contribution in [3.63, 3.8) is 0 Å². The highest BCUT2D eigenvalue weighted by Crippen LogP contribution is 2.27. The number of amides is 1. The van der Waals surface area contributed by atoms with Gasteiger partial charge in [-0.05, 0) is 55.0 Å². The Morgan fingerprint density at radius 2 is 1.82 bits per heavy atom. The van der Waals surface area contributed by atoms with E-state index in [0.29, 0.717) is 5.02 Å². The van der Waals surface area contributed by atoms with Crippen LogP contribution in [-0.4, -0.2) is 18.3 Å². The van der Waals surface area contributed by atoms with Gasteiger partial charge in [0.2, 0.25) is 5.91 Å². The van der Waals surface area contributed by atoms with E-state index in [1.54, 1.807) is 7.11 Å². The van der Waals surface area contributed by atoms with Crippen molar-refractivity contribution in [2.45, 2.75) is 23.5 Å². The number of benzene rings is 2. The summed E-state index contributed by atoms with van der Waals surface area (Å²) < 4.78 is 5.10. The quantitative estimate of drug-likeness (QED) is 0.766. The largest absolute Gasteiger partial charge is 0.497 e. The molecule has 2 aromatic carbocycles. The van der Waals surface area contributed by atoms with Crippen molar-refractivity contribution in [1.29, 1.82) is 0 Å². The lowest BCUT2D eigenvalue weighted by Gasteiger charge is -2.15. The fraction of sp³-hybridized carbons (Fsp3) is 0.235. The molecule has 116 valence electrons. The second kappa shape index (κ2) is 8.11. The van der Waals surface area contributed by atoms with Gasteiger partial charge in [-0.15, -0.1) is 11.8 Å². The van der Waals surface area contributed by atoms with Crippen LogP contribution in [0.25, 0.3) is 0 Å². The van der Waals surface area contributed by atoms with Crippen molar-refractivity contribution in [3.05, 3.63) is 53.6 Å². The average molecular weight is 336 g/mol. The topological polar surface area (TPSA) is 38.3 Å². The Kier molecular flexibility index (Phi) is 6.16. The molecule has 1 atom stereocenters.